The molecule has 1 amide bonds. The van der Waals surface area contributed by atoms with Crippen LogP contribution in [0.1, 0.15) is 17.3 Å². The Hall–Kier alpha value is -2.48. The van der Waals surface area contributed by atoms with Crippen molar-refractivity contribution in [2.75, 3.05) is 11.9 Å². The molecule has 1 aromatic carbocycles. The molecule has 1 N–H and O–H groups in total. The first-order valence-corrected chi connectivity index (χ1v) is 6.57. The Morgan fingerprint density at radius 1 is 1.50 bits per heavy atom. The zero-order chi connectivity index (χ0) is 14.5. The molecule has 0 unspecified atom stereocenters. The van der Waals surface area contributed by atoms with E-state index in [0.717, 1.165) is 17.5 Å². The largest absolute Gasteiger partial charge is 0.493 e. The van der Waals surface area contributed by atoms with Gasteiger partial charge >= 0.3 is 5.00 Å². The molecule has 2 aromatic rings. The van der Waals surface area contributed by atoms with Gasteiger partial charge in [0.25, 0.3) is 5.91 Å². The molecule has 0 fully saturated rings. The van der Waals surface area contributed by atoms with E-state index in [1.807, 2.05) is 6.92 Å². The fourth-order valence-corrected chi connectivity index (χ4v) is 2.14. The van der Waals surface area contributed by atoms with Crippen LogP contribution in [-0.4, -0.2) is 22.4 Å². The minimum atomic E-state index is -0.554. The van der Waals surface area contributed by atoms with E-state index in [-0.39, 0.29) is 10.1 Å². The molecule has 0 saturated carbocycles. The molecule has 0 spiro atoms. The van der Waals surface area contributed by atoms with E-state index < -0.39 is 10.8 Å². The number of rotatable bonds is 5. The smallest absolute Gasteiger partial charge is 0.345 e. The highest BCUT2D eigenvalue weighted by atomic mass is 32.1. The van der Waals surface area contributed by atoms with Gasteiger partial charge in [0.2, 0.25) is 0 Å². The molecule has 0 aliphatic rings. The quantitative estimate of drug-likeness (QED) is 0.675. The average Bonchev–Trinajstić information content (AvgIpc) is 2.88. The summed E-state index contributed by atoms with van der Waals surface area (Å²) in [7, 11) is 0. The van der Waals surface area contributed by atoms with Gasteiger partial charge in [-0.3, -0.25) is 20.2 Å². The lowest BCUT2D eigenvalue weighted by Crippen LogP contribution is -2.13. The molecule has 0 aliphatic heterocycles. The Bertz CT molecular complexity index is 641. The summed E-state index contributed by atoms with van der Waals surface area (Å²) in [4.78, 5) is 25.9. The summed E-state index contributed by atoms with van der Waals surface area (Å²) in [5.74, 6) is 0.0388. The number of anilines is 1. The number of nitro groups is 1. The van der Waals surface area contributed by atoms with Crippen molar-refractivity contribution >= 4 is 27.4 Å². The Balaban J connectivity index is 2.17. The predicted octanol–water partition coefficient (Wildman–Crippen LogP) is 2.70. The number of carbonyl (C=O) groups is 1. The first kappa shape index (κ1) is 13.9. The van der Waals surface area contributed by atoms with Crippen molar-refractivity contribution in [2.24, 2.45) is 0 Å². The van der Waals surface area contributed by atoms with Crippen LogP contribution in [0.25, 0.3) is 0 Å². The Kier molecular flexibility index (Phi) is 4.26. The maximum Gasteiger partial charge on any atom is 0.345 e. The third-order valence-electron chi connectivity index (χ3n) is 2.33. The molecule has 7 nitrogen and oxygen atoms in total. The number of ether oxygens (including phenoxy) is 1. The van der Waals surface area contributed by atoms with Crippen molar-refractivity contribution in [3.05, 3.63) is 46.1 Å². The monoisotopic (exact) mass is 293 g/mol. The van der Waals surface area contributed by atoms with Gasteiger partial charge in [0, 0.05) is 0 Å². The van der Waals surface area contributed by atoms with Crippen LogP contribution >= 0.6 is 11.3 Å². The zero-order valence-electron chi connectivity index (χ0n) is 10.5. The number of nitrogens with one attached hydrogen (secondary N) is 1. The maximum atomic E-state index is 12.1. The highest BCUT2D eigenvalue weighted by Gasteiger charge is 2.16. The molecule has 1 heterocycles. The minimum Gasteiger partial charge on any atom is -0.493 e. The molecule has 0 bridgehead atoms. The van der Waals surface area contributed by atoms with Gasteiger partial charge in [-0.25, -0.2) is 4.98 Å². The van der Waals surface area contributed by atoms with Crippen LogP contribution in [0.5, 0.6) is 5.75 Å². The van der Waals surface area contributed by atoms with E-state index in [2.05, 4.69) is 10.3 Å². The standard InChI is InChI=1S/C12H11N3O4S/c1-2-19-9-6-4-3-5-8(9)11(16)14-12-13-7-10(20-12)15(17)18/h3-7H,2H2,1H3,(H,13,14,16). The molecule has 8 heteroatoms. The highest BCUT2D eigenvalue weighted by molar-refractivity contribution is 7.18. The number of hydrogen-bond acceptors (Lipinski definition) is 6. The average molecular weight is 293 g/mol. The lowest BCUT2D eigenvalue weighted by atomic mass is 10.2. The van der Waals surface area contributed by atoms with Crippen molar-refractivity contribution in [3.63, 3.8) is 0 Å². The summed E-state index contributed by atoms with van der Waals surface area (Å²) < 4.78 is 5.35. The zero-order valence-corrected chi connectivity index (χ0v) is 11.3. The summed E-state index contributed by atoms with van der Waals surface area (Å²) in [5.41, 5.74) is 0.354. The first-order chi connectivity index (χ1) is 9.61. The lowest BCUT2D eigenvalue weighted by Gasteiger charge is -2.08. The van der Waals surface area contributed by atoms with E-state index in [0.29, 0.717) is 17.9 Å². The number of benzene rings is 1. The third kappa shape index (κ3) is 3.09. The van der Waals surface area contributed by atoms with Gasteiger partial charge in [-0.05, 0) is 30.4 Å². The van der Waals surface area contributed by atoms with Crippen molar-refractivity contribution in [1.82, 2.24) is 4.98 Å². The second-order valence-electron chi connectivity index (χ2n) is 3.64. The van der Waals surface area contributed by atoms with Crippen molar-refractivity contribution < 1.29 is 14.5 Å². The Labute approximate surface area is 118 Å². The van der Waals surface area contributed by atoms with Crippen LogP contribution in [-0.2, 0) is 0 Å². The van der Waals surface area contributed by atoms with Gasteiger partial charge in [0.15, 0.2) is 5.13 Å². The summed E-state index contributed by atoms with van der Waals surface area (Å²) in [5, 5.41) is 13.1. The van der Waals surface area contributed by atoms with Gasteiger partial charge in [-0.1, -0.05) is 12.1 Å². The molecule has 0 saturated heterocycles. The van der Waals surface area contributed by atoms with Crippen LogP contribution in [0.4, 0.5) is 10.1 Å². The van der Waals surface area contributed by atoms with Gasteiger partial charge in [0.1, 0.15) is 11.9 Å². The molecule has 0 radical (unpaired) electrons. The van der Waals surface area contributed by atoms with Crippen LogP contribution in [0.3, 0.4) is 0 Å². The van der Waals surface area contributed by atoms with E-state index in [1.54, 1.807) is 24.3 Å². The topological polar surface area (TPSA) is 94.4 Å². The number of para-hydroxylation sites is 1. The van der Waals surface area contributed by atoms with Crippen LogP contribution in [0.15, 0.2) is 30.5 Å². The number of thiazole rings is 1. The summed E-state index contributed by atoms with van der Waals surface area (Å²) in [6.45, 7) is 2.26. The molecule has 0 aliphatic carbocycles. The van der Waals surface area contributed by atoms with E-state index in [1.165, 1.54) is 0 Å². The number of hydrogen-bond donors (Lipinski definition) is 1. The summed E-state index contributed by atoms with van der Waals surface area (Å²) >= 11 is 0.800. The normalized spacial score (nSPS) is 10.1. The van der Waals surface area contributed by atoms with Gasteiger partial charge < -0.3 is 4.74 Å². The van der Waals surface area contributed by atoms with Gasteiger partial charge in [0.05, 0.1) is 17.1 Å². The Morgan fingerprint density at radius 3 is 2.90 bits per heavy atom. The maximum absolute atomic E-state index is 12.1. The van der Waals surface area contributed by atoms with Crippen LogP contribution in [0.2, 0.25) is 0 Å². The molecule has 0 atom stereocenters. The fourth-order valence-electron chi connectivity index (χ4n) is 1.51. The van der Waals surface area contributed by atoms with Crippen molar-refractivity contribution in [2.45, 2.75) is 6.92 Å². The summed E-state index contributed by atoms with van der Waals surface area (Å²) in [6, 6.07) is 6.77. The van der Waals surface area contributed by atoms with E-state index >= 15 is 0 Å². The SMILES string of the molecule is CCOc1ccccc1C(=O)Nc1ncc([N+](=O)[O-])s1. The van der Waals surface area contributed by atoms with Gasteiger partial charge in [-0.2, -0.15) is 0 Å². The molecular formula is C12H11N3O4S. The Morgan fingerprint density at radius 2 is 2.25 bits per heavy atom. The molecule has 1 aromatic heterocycles. The first-order valence-electron chi connectivity index (χ1n) is 5.75. The van der Waals surface area contributed by atoms with Crippen LogP contribution < -0.4 is 10.1 Å². The third-order valence-corrected chi connectivity index (χ3v) is 3.19. The highest BCUT2D eigenvalue weighted by Crippen LogP contribution is 2.26. The number of aromatic nitrogens is 1. The molecule has 104 valence electrons. The predicted molar refractivity (Wildman–Crippen MR) is 74.3 cm³/mol. The molecular weight excluding hydrogens is 282 g/mol. The van der Waals surface area contributed by atoms with Gasteiger partial charge in [-0.15, -0.1) is 0 Å². The lowest BCUT2D eigenvalue weighted by molar-refractivity contribution is -0.380. The minimum absolute atomic E-state index is 0.126. The number of carbonyl (C=O) groups excluding carboxylic acids is 1. The number of nitrogens with zero attached hydrogens (tertiary/aromatic N) is 2. The second kappa shape index (κ2) is 6.11. The fraction of sp³-hybridized carbons (Fsp3) is 0.167. The molecule has 20 heavy (non-hydrogen) atoms. The van der Waals surface area contributed by atoms with E-state index in [9.17, 15) is 14.9 Å². The van der Waals surface area contributed by atoms with E-state index in [4.69, 9.17) is 4.74 Å². The second-order valence-corrected chi connectivity index (χ2v) is 4.65. The molecule has 2 rings (SSSR count). The number of amides is 1. The summed E-state index contributed by atoms with van der Waals surface area (Å²) in [6.07, 6.45) is 1.11. The van der Waals surface area contributed by atoms with Crippen LogP contribution in [0, 0.1) is 10.1 Å². The van der Waals surface area contributed by atoms with Crippen molar-refractivity contribution in [3.8, 4) is 5.75 Å². The van der Waals surface area contributed by atoms with Crippen molar-refractivity contribution in [1.29, 1.82) is 0 Å².